The van der Waals surface area contributed by atoms with Crippen LogP contribution >= 0.6 is 0 Å². The van der Waals surface area contributed by atoms with Crippen LogP contribution in [0.25, 0.3) is 0 Å². The highest BCUT2D eigenvalue weighted by atomic mass is 32.2. The Morgan fingerprint density at radius 3 is 2.11 bits per heavy atom. The molecule has 18 heavy (non-hydrogen) atoms. The summed E-state index contributed by atoms with van der Waals surface area (Å²) in [6, 6.07) is 0. The molecule has 102 valence electrons. The van der Waals surface area contributed by atoms with Gasteiger partial charge < -0.3 is 4.90 Å². The molecule has 0 unspecified atom stereocenters. The SMILES string of the molecule is Cc1nn(C)c(C(=O)N(C)C)c1S(=O)(=O)N(C)C. The van der Waals surface area contributed by atoms with Crippen molar-refractivity contribution in [1.29, 1.82) is 0 Å². The van der Waals surface area contributed by atoms with Crippen molar-refractivity contribution < 1.29 is 13.2 Å². The Balaban J connectivity index is 3.61. The van der Waals surface area contributed by atoms with Crippen LogP contribution in [0, 0.1) is 6.92 Å². The van der Waals surface area contributed by atoms with Crippen molar-refractivity contribution in [1.82, 2.24) is 19.0 Å². The van der Waals surface area contributed by atoms with Gasteiger partial charge in [-0.15, -0.1) is 0 Å². The third-order valence-electron chi connectivity index (χ3n) is 2.51. The van der Waals surface area contributed by atoms with Crippen LogP contribution in [0.4, 0.5) is 0 Å². The summed E-state index contributed by atoms with van der Waals surface area (Å²) in [5, 5.41) is 4.03. The summed E-state index contributed by atoms with van der Waals surface area (Å²) < 4.78 is 26.8. The molecule has 1 aromatic rings. The maximum Gasteiger partial charge on any atom is 0.273 e. The van der Waals surface area contributed by atoms with Gasteiger partial charge in [-0.25, -0.2) is 12.7 Å². The Morgan fingerprint density at radius 1 is 1.22 bits per heavy atom. The Hall–Kier alpha value is -1.41. The minimum absolute atomic E-state index is 0.0336. The van der Waals surface area contributed by atoms with Crippen molar-refractivity contribution in [3.05, 3.63) is 11.4 Å². The lowest BCUT2D eigenvalue weighted by molar-refractivity contribution is 0.0813. The predicted octanol–water partition coefficient (Wildman–Crippen LogP) is -0.319. The van der Waals surface area contributed by atoms with E-state index in [1.807, 2.05) is 0 Å². The lowest BCUT2D eigenvalue weighted by atomic mass is 10.3. The first-order valence-corrected chi connectivity index (χ1v) is 6.72. The number of sulfonamides is 1. The highest BCUT2D eigenvalue weighted by molar-refractivity contribution is 7.89. The monoisotopic (exact) mass is 274 g/mol. The molecular weight excluding hydrogens is 256 g/mol. The number of amides is 1. The Morgan fingerprint density at radius 2 is 1.72 bits per heavy atom. The average Bonchev–Trinajstić information content (AvgIpc) is 2.52. The molecule has 8 heteroatoms. The van der Waals surface area contributed by atoms with Crippen LogP contribution in [-0.4, -0.2) is 61.5 Å². The van der Waals surface area contributed by atoms with Gasteiger partial charge in [0.25, 0.3) is 5.91 Å². The molecular formula is C10H18N4O3S. The second-order valence-electron chi connectivity index (χ2n) is 4.37. The summed E-state index contributed by atoms with van der Waals surface area (Å²) >= 11 is 0. The summed E-state index contributed by atoms with van der Waals surface area (Å²) in [6.45, 7) is 1.57. The zero-order valence-corrected chi connectivity index (χ0v) is 12.2. The molecule has 1 amide bonds. The van der Waals surface area contributed by atoms with Gasteiger partial charge in [-0.3, -0.25) is 9.48 Å². The van der Waals surface area contributed by atoms with Crippen molar-refractivity contribution in [2.24, 2.45) is 7.05 Å². The van der Waals surface area contributed by atoms with Gasteiger partial charge in [0.1, 0.15) is 10.6 Å². The third-order valence-corrected chi connectivity index (χ3v) is 4.48. The van der Waals surface area contributed by atoms with E-state index in [1.165, 1.54) is 23.7 Å². The number of rotatable bonds is 3. The lowest BCUT2D eigenvalue weighted by Crippen LogP contribution is -2.29. The van der Waals surface area contributed by atoms with E-state index in [0.717, 1.165) is 4.31 Å². The molecule has 0 aliphatic rings. The fourth-order valence-electron chi connectivity index (χ4n) is 1.58. The van der Waals surface area contributed by atoms with Crippen molar-refractivity contribution >= 4 is 15.9 Å². The minimum Gasteiger partial charge on any atom is -0.343 e. The van der Waals surface area contributed by atoms with Crippen LogP contribution < -0.4 is 0 Å². The first-order chi connectivity index (χ1) is 8.10. The molecule has 1 rings (SSSR count). The van der Waals surface area contributed by atoms with E-state index in [4.69, 9.17) is 0 Å². The van der Waals surface area contributed by atoms with Crippen LogP contribution in [-0.2, 0) is 17.1 Å². The first kappa shape index (κ1) is 14.7. The molecule has 0 aromatic carbocycles. The van der Waals surface area contributed by atoms with Crippen molar-refractivity contribution in [3.8, 4) is 0 Å². The highest BCUT2D eigenvalue weighted by Crippen LogP contribution is 2.22. The van der Waals surface area contributed by atoms with E-state index < -0.39 is 15.9 Å². The fourth-order valence-corrected chi connectivity index (χ4v) is 2.82. The normalized spacial score (nSPS) is 11.9. The molecule has 0 fully saturated rings. The van der Waals surface area contributed by atoms with Crippen LogP contribution in [0.5, 0.6) is 0 Å². The van der Waals surface area contributed by atoms with Crippen molar-refractivity contribution in [2.45, 2.75) is 11.8 Å². The molecule has 0 aliphatic heterocycles. The van der Waals surface area contributed by atoms with Crippen LogP contribution in [0.15, 0.2) is 4.90 Å². The molecule has 1 aromatic heterocycles. The number of nitrogens with zero attached hydrogens (tertiary/aromatic N) is 4. The number of hydrogen-bond acceptors (Lipinski definition) is 4. The molecule has 0 spiro atoms. The average molecular weight is 274 g/mol. The quantitative estimate of drug-likeness (QED) is 0.757. The number of carbonyl (C=O) groups is 1. The van der Waals surface area contributed by atoms with Gasteiger partial charge in [-0.2, -0.15) is 5.10 Å². The van der Waals surface area contributed by atoms with Crippen molar-refractivity contribution in [3.63, 3.8) is 0 Å². The molecule has 0 saturated carbocycles. The van der Waals surface area contributed by atoms with Gasteiger partial charge in [-0.05, 0) is 6.92 Å². The number of aromatic nitrogens is 2. The summed E-state index contributed by atoms with van der Waals surface area (Å²) in [7, 11) is 3.84. The number of carbonyl (C=O) groups excluding carboxylic acids is 1. The van der Waals surface area contributed by atoms with E-state index in [-0.39, 0.29) is 10.6 Å². The molecule has 0 atom stereocenters. The number of aryl methyl sites for hydroxylation is 2. The van der Waals surface area contributed by atoms with E-state index in [0.29, 0.717) is 5.69 Å². The predicted molar refractivity (Wildman–Crippen MR) is 66.8 cm³/mol. The zero-order valence-electron chi connectivity index (χ0n) is 11.4. The van der Waals surface area contributed by atoms with Gasteiger partial charge in [0.15, 0.2) is 0 Å². The summed E-state index contributed by atoms with van der Waals surface area (Å²) in [5.41, 5.74) is 0.391. The second-order valence-corrected chi connectivity index (χ2v) is 6.46. The number of hydrogen-bond donors (Lipinski definition) is 0. The van der Waals surface area contributed by atoms with Gasteiger partial charge in [0, 0.05) is 35.2 Å². The van der Waals surface area contributed by atoms with Crippen LogP contribution in [0.3, 0.4) is 0 Å². The third kappa shape index (κ3) is 2.25. The molecule has 0 radical (unpaired) electrons. The Labute approximate surface area is 107 Å². The Kier molecular flexibility index (Phi) is 3.82. The Bertz CT molecular complexity index is 572. The van der Waals surface area contributed by atoms with Crippen LogP contribution in [0.1, 0.15) is 16.2 Å². The first-order valence-electron chi connectivity index (χ1n) is 5.28. The maximum atomic E-state index is 12.2. The molecule has 0 bridgehead atoms. The van der Waals surface area contributed by atoms with Crippen molar-refractivity contribution in [2.75, 3.05) is 28.2 Å². The highest BCUT2D eigenvalue weighted by Gasteiger charge is 2.32. The standard InChI is InChI=1S/C10H18N4O3S/c1-7-9(18(16,17)13(4)5)8(14(6)11-7)10(15)12(2)3/h1-6H3. The topological polar surface area (TPSA) is 75.5 Å². The fraction of sp³-hybridized carbons (Fsp3) is 0.600. The molecule has 0 N–H and O–H groups in total. The largest absolute Gasteiger partial charge is 0.343 e. The minimum atomic E-state index is -3.69. The van der Waals surface area contributed by atoms with Gasteiger partial charge >= 0.3 is 0 Å². The molecule has 1 heterocycles. The van der Waals surface area contributed by atoms with E-state index in [9.17, 15) is 13.2 Å². The van der Waals surface area contributed by atoms with Gasteiger partial charge in [-0.1, -0.05) is 0 Å². The molecule has 0 aliphatic carbocycles. The summed E-state index contributed by atoms with van der Waals surface area (Å²) in [4.78, 5) is 13.3. The smallest absolute Gasteiger partial charge is 0.273 e. The van der Waals surface area contributed by atoms with Gasteiger partial charge in [0.05, 0.1) is 5.69 Å². The van der Waals surface area contributed by atoms with E-state index >= 15 is 0 Å². The molecule has 7 nitrogen and oxygen atoms in total. The lowest BCUT2D eigenvalue weighted by Gasteiger charge is -2.15. The maximum absolute atomic E-state index is 12.2. The van der Waals surface area contributed by atoms with E-state index in [1.54, 1.807) is 28.1 Å². The van der Waals surface area contributed by atoms with E-state index in [2.05, 4.69) is 5.10 Å². The summed E-state index contributed by atoms with van der Waals surface area (Å²) in [5.74, 6) is -0.390. The van der Waals surface area contributed by atoms with Crippen LogP contribution in [0.2, 0.25) is 0 Å². The summed E-state index contributed by atoms with van der Waals surface area (Å²) in [6.07, 6.45) is 0. The van der Waals surface area contributed by atoms with Gasteiger partial charge in [0.2, 0.25) is 10.0 Å². The molecule has 0 saturated heterocycles. The zero-order chi connectivity index (χ0) is 14.2. The second kappa shape index (κ2) is 4.69.